The third-order valence-corrected chi connectivity index (χ3v) is 3.42. The lowest BCUT2D eigenvalue weighted by Crippen LogP contribution is -2.28. The second-order valence-corrected chi connectivity index (χ2v) is 4.89. The smallest absolute Gasteiger partial charge is 0.407 e. The molecule has 1 aliphatic heterocycles. The number of fused-ring (bicyclic) bond motifs is 1. The molecule has 1 fully saturated rings. The van der Waals surface area contributed by atoms with Crippen LogP contribution < -0.4 is 5.32 Å². The van der Waals surface area contributed by atoms with Crippen molar-refractivity contribution in [1.82, 2.24) is 10.3 Å². The number of benzene rings is 1. The number of hydrogen-bond donors (Lipinski definition) is 2. The molecular formula is C15H16N2O4. The molecule has 1 aliphatic rings. The second kappa shape index (κ2) is 5.97. The zero-order valence-electron chi connectivity index (χ0n) is 11.4. The lowest BCUT2D eigenvalue weighted by atomic mass is 10.1. The van der Waals surface area contributed by atoms with E-state index in [0.717, 1.165) is 11.8 Å². The Labute approximate surface area is 121 Å². The number of rotatable bonds is 3. The van der Waals surface area contributed by atoms with Crippen molar-refractivity contribution in [3.8, 4) is 5.75 Å². The number of nitrogens with zero attached hydrogens (tertiary/aromatic N) is 1. The van der Waals surface area contributed by atoms with Crippen LogP contribution in [0.15, 0.2) is 30.5 Å². The summed E-state index contributed by atoms with van der Waals surface area (Å²) >= 11 is 0. The quantitative estimate of drug-likeness (QED) is 0.902. The third-order valence-electron chi connectivity index (χ3n) is 3.42. The number of aromatic nitrogens is 1. The molecule has 1 atom stereocenters. The minimum absolute atomic E-state index is 0.0811. The number of ether oxygens (including phenoxy) is 2. The zero-order chi connectivity index (χ0) is 14.7. The van der Waals surface area contributed by atoms with Gasteiger partial charge in [0.15, 0.2) is 0 Å². The molecule has 6 heteroatoms. The molecule has 0 bridgehead atoms. The number of nitrogens with one attached hydrogen (secondary N) is 1. The monoisotopic (exact) mass is 288 g/mol. The number of carbonyl (C=O) groups is 1. The molecule has 0 aliphatic carbocycles. The molecule has 3 rings (SSSR count). The summed E-state index contributed by atoms with van der Waals surface area (Å²) in [5.74, 6) is 0.0811. The largest absolute Gasteiger partial charge is 0.505 e. The average Bonchev–Trinajstić information content (AvgIpc) is 3.00. The number of hydrogen-bond acceptors (Lipinski definition) is 5. The van der Waals surface area contributed by atoms with Gasteiger partial charge in [-0.15, -0.1) is 0 Å². The van der Waals surface area contributed by atoms with Gasteiger partial charge < -0.3 is 19.9 Å². The summed E-state index contributed by atoms with van der Waals surface area (Å²) in [6, 6.07) is 7.29. The van der Waals surface area contributed by atoms with Gasteiger partial charge in [-0.05, 0) is 6.07 Å². The first-order chi connectivity index (χ1) is 10.2. The number of carbonyl (C=O) groups excluding carboxylic acids is 1. The van der Waals surface area contributed by atoms with Crippen molar-refractivity contribution in [2.75, 3.05) is 13.2 Å². The molecule has 0 radical (unpaired) electrons. The summed E-state index contributed by atoms with van der Waals surface area (Å²) in [6.45, 7) is 1.25. The van der Waals surface area contributed by atoms with E-state index in [9.17, 15) is 9.90 Å². The van der Waals surface area contributed by atoms with Crippen LogP contribution in [-0.4, -0.2) is 35.5 Å². The molecule has 2 N–H and O–H groups in total. The van der Waals surface area contributed by atoms with Crippen LogP contribution in [0.4, 0.5) is 4.79 Å². The van der Waals surface area contributed by atoms with Gasteiger partial charge in [0.2, 0.25) is 0 Å². The van der Waals surface area contributed by atoms with Crippen molar-refractivity contribution < 1.29 is 19.4 Å². The van der Waals surface area contributed by atoms with Gasteiger partial charge >= 0.3 is 6.09 Å². The standard InChI is InChI=1S/C15H16N2O4/c18-14-11(4-3-10-2-1-6-16-13(10)14)8-17-15(19)21-12-5-7-20-9-12/h1-4,6,12,18H,5,7-9H2,(H,17,19). The van der Waals surface area contributed by atoms with Crippen LogP contribution in [0.2, 0.25) is 0 Å². The maximum absolute atomic E-state index is 11.7. The van der Waals surface area contributed by atoms with Crippen molar-refractivity contribution in [3.05, 3.63) is 36.0 Å². The molecule has 1 unspecified atom stereocenters. The molecule has 2 aromatic rings. The van der Waals surface area contributed by atoms with Crippen LogP contribution in [0.1, 0.15) is 12.0 Å². The average molecular weight is 288 g/mol. The highest BCUT2D eigenvalue weighted by molar-refractivity contribution is 5.85. The van der Waals surface area contributed by atoms with Crippen LogP contribution in [0.5, 0.6) is 5.75 Å². The minimum atomic E-state index is -0.508. The molecule has 1 aromatic heterocycles. The molecule has 1 saturated heterocycles. The first-order valence-corrected chi connectivity index (χ1v) is 6.82. The normalized spacial score (nSPS) is 17.8. The van der Waals surface area contributed by atoms with E-state index in [1.807, 2.05) is 12.1 Å². The number of aromatic hydroxyl groups is 1. The van der Waals surface area contributed by atoms with E-state index in [1.165, 1.54) is 0 Å². The lowest BCUT2D eigenvalue weighted by Gasteiger charge is -2.12. The van der Waals surface area contributed by atoms with Crippen molar-refractivity contribution in [3.63, 3.8) is 0 Å². The van der Waals surface area contributed by atoms with Crippen molar-refractivity contribution in [2.24, 2.45) is 0 Å². The van der Waals surface area contributed by atoms with E-state index < -0.39 is 6.09 Å². The molecule has 6 nitrogen and oxygen atoms in total. The first-order valence-electron chi connectivity index (χ1n) is 6.82. The molecule has 21 heavy (non-hydrogen) atoms. The van der Waals surface area contributed by atoms with Gasteiger partial charge in [0.25, 0.3) is 0 Å². The number of amides is 1. The molecular weight excluding hydrogens is 272 g/mol. The topological polar surface area (TPSA) is 80.7 Å². The highest BCUT2D eigenvalue weighted by atomic mass is 16.6. The maximum Gasteiger partial charge on any atom is 0.407 e. The van der Waals surface area contributed by atoms with E-state index in [1.54, 1.807) is 18.3 Å². The lowest BCUT2D eigenvalue weighted by molar-refractivity contribution is 0.0828. The molecule has 110 valence electrons. The van der Waals surface area contributed by atoms with Crippen molar-refractivity contribution >= 4 is 17.0 Å². The zero-order valence-corrected chi connectivity index (χ0v) is 11.4. The van der Waals surface area contributed by atoms with Gasteiger partial charge in [0.05, 0.1) is 13.2 Å². The van der Waals surface area contributed by atoms with Gasteiger partial charge in [-0.1, -0.05) is 18.2 Å². The van der Waals surface area contributed by atoms with Gasteiger partial charge in [-0.2, -0.15) is 0 Å². The molecule has 2 heterocycles. The predicted octanol–water partition coefficient (Wildman–Crippen LogP) is 1.96. The highest BCUT2D eigenvalue weighted by Gasteiger charge is 2.19. The van der Waals surface area contributed by atoms with E-state index in [0.29, 0.717) is 24.3 Å². The SMILES string of the molecule is O=C(NCc1ccc2cccnc2c1O)OC1CCOC1. The second-order valence-electron chi connectivity index (χ2n) is 4.89. The summed E-state index contributed by atoms with van der Waals surface area (Å²) in [4.78, 5) is 15.8. The van der Waals surface area contributed by atoms with Gasteiger partial charge in [0.1, 0.15) is 17.4 Å². The Bertz CT molecular complexity index is 653. The minimum Gasteiger partial charge on any atom is -0.505 e. The number of phenols is 1. The number of pyridine rings is 1. The van der Waals surface area contributed by atoms with Crippen molar-refractivity contribution in [1.29, 1.82) is 0 Å². The molecule has 1 amide bonds. The van der Waals surface area contributed by atoms with E-state index in [4.69, 9.17) is 9.47 Å². The fourth-order valence-electron chi connectivity index (χ4n) is 2.28. The van der Waals surface area contributed by atoms with Gasteiger partial charge in [-0.3, -0.25) is 4.98 Å². The highest BCUT2D eigenvalue weighted by Crippen LogP contribution is 2.26. The fraction of sp³-hybridized carbons (Fsp3) is 0.333. The Hall–Kier alpha value is -2.34. The Morgan fingerprint density at radius 1 is 1.48 bits per heavy atom. The van der Waals surface area contributed by atoms with E-state index >= 15 is 0 Å². The van der Waals surface area contributed by atoms with Crippen molar-refractivity contribution in [2.45, 2.75) is 19.1 Å². The molecule has 0 spiro atoms. The third kappa shape index (κ3) is 3.05. The molecule has 0 saturated carbocycles. The number of phenolic OH excluding ortho intramolecular Hbond substituents is 1. The van der Waals surface area contributed by atoms with Crippen LogP contribution in [0, 0.1) is 0 Å². The van der Waals surface area contributed by atoms with Gasteiger partial charge in [0, 0.05) is 30.1 Å². The van der Waals surface area contributed by atoms with Crippen LogP contribution in [0.3, 0.4) is 0 Å². The Morgan fingerprint density at radius 3 is 3.19 bits per heavy atom. The summed E-state index contributed by atoms with van der Waals surface area (Å²) in [7, 11) is 0. The van der Waals surface area contributed by atoms with Crippen LogP contribution in [-0.2, 0) is 16.0 Å². The molecule has 1 aromatic carbocycles. The van der Waals surface area contributed by atoms with Crippen LogP contribution in [0.25, 0.3) is 10.9 Å². The van der Waals surface area contributed by atoms with Gasteiger partial charge in [-0.25, -0.2) is 4.79 Å². The summed E-state index contributed by atoms with van der Waals surface area (Å²) in [5, 5.41) is 13.7. The Kier molecular flexibility index (Phi) is 3.87. The Morgan fingerprint density at radius 2 is 2.38 bits per heavy atom. The maximum atomic E-state index is 11.7. The summed E-state index contributed by atoms with van der Waals surface area (Å²) in [6.07, 6.45) is 1.65. The van der Waals surface area contributed by atoms with E-state index in [2.05, 4.69) is 10.3 Å². The van der Waals surface area contributed by atoms with E-state index in [-0.39, 0.29) is 18.4 Å². The fourth-order valence-corrected chi connectivity index (χ4v) is 2.28. The van der Waals surface area contributed by atoms with Crippen LogP contribution >= 0.6 is 0 Å². The summed E-state index contributed by atoms with van der Waals surface area (Å²) < 4.78 is 10.3. The predicted molar refractivity (Wildman–Crippen MR) is 76.0 cm³/mol. The number of alkyl carbamates (subject to hydrolysis) is 1. The summed E-state index contributed by atoms with van der Waals surface area (Å²) in [5.41, 5.74) is 1.12. The first kappa shape index (κ1) is 13.6. The Balaban J connectivity index is 1.64.